The number of carbonyl (C=O) groups is 1. The standard InChI is InChI=1S/C15H13FN2O4S/c1-18-13-8-11(4-7-14(13)22-9-15(18)19)17-23(20,21)12-5-2-10(16)3-6-12/h2-8,17H,9H2,1H3. The molecule has 0 aromatic heterocycles. The van der Waals surface area contributed by atoms with Crippen molar-refractivity contribution < 1.29 is 22.3 Å². The van der Waals surface area contributed by atoms with Crippen LogP contribution in [0.2, 0.25) is 0 Å². The van der Waals surface area contributed by atoms with Crippen LogP contribution in [0.5, 0.6) is 5.75 Å². The van der Waals surface area contributed by atoms with E-state index in [-0.39, 0.29) is 23.1 Å². The average Bonchev–Trinajstić information content (AvgIpc) is 2.51. The number of anilines is 2. The molecule has 0 saturated heterocycles. The fourth-order valence-corrected chi connectivity index (χ4v) is 3.21. The quantitative estimate of drug-likeness (QED) is 0.930. The number of nitrogens with one attached hydrogen (secondary N) is 1. The largest absolute Gasteiger partial charge is 0.482 e. The number of rotatable bonds is 3. The molecule has 0 fully saturated rings. The van der Waals surface area contributed by atoms with Gasteiger partial charge in [-0.15, -0.1) is 0 Å². The summed E-state index contributed by atoms with van der Waals surface area (Å²) in [5.74, 6) is -0.247. The fraction of sp³-hybridized carbons (Fsp3) is 0.133. The molecule has 1 N–H and O–H groups in total. The number of benzene rings is 2. The minimum Gasteiger partial charge on any atom is -0.482 e. The molecular weight excluding hydrogens is 323 g/mol. The highest BCUT2D eigenvalue weighted by atomic mass is 32.2. The molecule has 120 valence electrons. The first kappa shape index (κ1) is 15.3. The van der Waals surface area contributed by atoms with Crippen LogP contribution in [0.3, 0.4) is 0 Å². The van der Waals surface area contributed by atoms with Crippen molar-refractivity contribution in [2.24, 2.45) is 0 Å². The van der Waals surface area contributed by atoms with Crippen molar-refractivity contribution >= 4 is 27.3 Å². The summed E-state index contributed by atoms with van der Waals surface area (Å²) in [6, 6.07) is 9.12. The number of carbonyl (C=O) groups excluding carboxylic acids is 1. The molecule has 1 aliphatic rings. The Hall–Kier alpha value is -2.61. The number of nitrogens with zero attached hydrogens (tertiary/aromatic N) is 1. The lowest BCUT2D eigenvalue weighted by Gasteiger charge is -2.26. The third-order valence-electron chi connectivity index (χ3n) is 3.42. The van der Waals surface area contributed by atoms with Crippen LogP contribution >= 0.6 is 0 Å². The lowest BCUT2D eigenvalue weighted by atomic mass is 10.2. The van der Waals surface area contributed by atoms with Gasteiger partial charge in [0.25, 0.3) is 15.9 Å². The Morgan fingerprint density at radius 3 is 2.57 bits per heavy atom. The Kier molecular flexibility index (Phi) is 3.69. The number of sulfonamides is 1. The van der Waals surface area contributed by atoms with Gasteiger partial charge in [0.15, 0.2) is 6.61 Å². The van der Waals surface area contributed by atoms with Gasteiger partial charge in [-0.1, -0.05) is 0 Å². The molecule has 0 radical (unpaired) electrons. The van der Waals surface area contributed by atoms with E-state index >= 15 is 0 Å². The van der Waals surface area contributed by atoms with Crippen molar-refractivity contribution in [2.75, 3.05) is 23.3 Å². The van der Waals surface area contributed by atoms with Crippen molar-refractivity contribution in [2.45, 2.75) is 4.90 Å². The zero-order valence-electron chi connectivity index (χ0n) is 12.1. The second-order valence-electron chi connectivity index (χ2n) is 4.98. The molecule has 0 unspecified atom stereocenters. The number of ether oxygens (including phenoxy) is 1. The van der Waals surface area contributed by atoms with E-state index in [0.717, 1.165) is 12.1 Å². The summed E-state index contributed by atoms with van der Waals surface area (Å²) < 4.78 is 45.1. The van der Waals surface area contributed by atoms with Gasteiger partial charge in [-0.2, -0.15) is 0 Å². The first-order valence-electron chi connectivity index (χ1n) is 6.68. The maximum Gasteiger partial charge on any atom is 0.264 e. The molecule has 0 aliphatic carbocycles. The van der Waals surface area contributed by atoms with Crippen LogP contribution in [0.25, 0.3) is 0 Å². The van der Waals surface area contributed by atoms with Gasteiger partial charge in [0.2, 0.25) is 0 Å². The maximum atomic E-state index is 12.9. The number of hydrogen-bond donors (Lipinski definition) is 1. The smallest absolute Gasteiger partial charge is 0.264 e. The number of amides is 1. The van der Waals surface area contributed by atoms with E-state index < -0.39 is 15.8 Å². The Balaban J connectivity index is 1.91. The molecule has 2 aromatic carbocycles. The highest BCUT2D eigenvalue weighted by Gasteiger charge is 2.23. The van der Waals surface area contributed by atoms with Crippen LogP contribution in [-0.2, 0) is 14.8 Å². The Labute approximate surface area is 132 Å². The summed E-state index contributed by atoms with van der Waals surface area (Å²) in [5, 5.41) is 0. The number of halogens is 1. The van der Waals surface area contributed by atoms with Gasteiger partial charge in [0, 0.05) is 7.05 Å². The summed E-state index contributed by atoms with van der Waals surface area (Å²) in [5.41, 5.74) is 0.749. The second-order valence-corrected chi connectivity index (χ2v) is 6.67. The van der Waals surface area contributed by atoms with Crippen molar-refractivity contribution in [1.29, 1.82) is 0 Å². The topological polar surface area (TPSA) is 75.7 Å². The van der Waals surface area contributed by atoms with Gasteiger partial charge in [-0.25, -0.2) is 12.8 Å². The molecule has 1 heterocycles. The summed E-state index contributed by atoms with van der Waals surface area (Å²) in [6.07, 6.45) is 0. The molecule has 0 spiro atoms. The van der Waals surface area contributed by atoms with Crippen LogP contribution in [0.15, 0.2) is 47.4 Å². The molecule has 6 nitrogen and oxygen atoms in total. The van der Waals surface area contributed by atoms with Crippen LogP contribution < -0.4 is 14.4 Å². The second kappa shape index (κ2) is 5.54. The van der Waals surface area contributed by atoms with Gasteiger partial charge in [-0.3, -0.25) is 9.52 Å². The molecule has 2 aromatic rings. The van der Waals surface area contributed by atoms with Crippen molar-refractivity contribution in [3.05, 3.63) is 48.3 Å². The molecule has 0 atom stereocenters. The van der Waals surface area contributed by atoms with Gasteiger partial charge < -0.3 is 9.64 Å². The zero-order valence-corrected chi connectivity index (χ0v) is 12.9. The summed E-state index contributed by atoms with van der Waals surface area (Å²) in [7, 11) is -2.26. The average molecular weight is 336 g/mol. The maximum absolute atomic E-state index is 12.9. The predicted molar refractivity (Wildman–Crippen MR) is 82.6 cm³/mol. The lowest BCUT2D eigenvalue weighted by Crippen LogP contribution is -2.35. The van der Waals surface area contributed by atoms with Crippen molar-refractivity contribution in [3.8, 4) is 5.75 Å². The van der Waals surface area contributed by atoms with E-state index in [4.69, 9.17) is 4.74 Å². The minimum atomic E-state index is -3.85. The first-order chi connectivity index (χ1) is 10.9. The van der Waals surface area contributed by atoms with Crippen molar-refractivity contribution in [1.82, 2.24) is 0 Å². The Morgan fingerprint density at radius 1 is 1.17 bits per heavy atom. The Bertz CT molecular complexity index is 866. The zero-order chi connectivity index (χ0) is 16.6. The Morgan fingerprint density at radius 2 is 1.87 bits per heavy atom. The van der Waals surface area contributed by atoms with E-state index in [1.165, 1.54) is 29.2 Å². The third kappa shape index (κ3) is 2.98. The van der Waals surface area contributed by atoms with E-state index in [1.54, 1.807) is 13.1 Å². The van der Waals surface area contributed by atoms with Crippen LogP contribution in [0.1, 0.15) is 0 Å². The summed E-state index contributed by atoms with van der Waals surface area (Å²) in [6.45, 7) is -0.0514. The van der Waals surface area contributed by atoms with E-state index in [0.29, 0.717) is 11.4 Å². The van der Waals surface area contributed by atoms with Crippen LogP contribution in [-0.4, -0.2) is 28.0 Å². The molecule has 0 saturated carbocycles. The molecule has 0 bridgehead atoms. The third-order valence-corrected chi connectivity index (χ3v) is 4.82. The first-order valence-corrected chi connectivity index (χ1v) is 8.17. The highest BCUT2D eigenvalue weighted by Crippen LogP contribution is 2.34. The highest BCUT2D eigenvalue weighted by molar-refractivity contribution is 7.92. The fourth-order valence-electron chi connectivity index (χ4n) is 2.16. The summed E-state index contributed by atoms with van der Waals surface area (Å²) >= 11 is 0. The minimum absolute atomic E-state index is 0.0514. The SMILES string of the molecule is CN1C(=O)COc2ccc(NS(=O)(=O)c3ccc(F)cc3)cc21. The van der Waals surface area contributed by atoms with E-state index in [9.17, 15) is 17.6 Å². The van der Waals surface area contributed by atoms with Crippen LogP contribution in [0.4, 0.5) is 15.8 Å². The monoisotopic (exact) mass is 336 g/mol. The normalized spacial score (nSPS) is 14.2. The molecule has 1 amide bonds. The number of likely N-dealkylation sites (N-methyl/N-ethyl adjacent to an activating group) is 1. The van der Waals surface area contributed by atoms with Gasteiger partial charge in [0.1, 0.15) is 11.6 Å². The predicted octanol–water partition coefficient (Wildman–Crippen LogP) is 1.98. The van der Waals surface area contributed by atoms with Crippen LogP contribution in [0, 0.1) is 5.82 Å². The molecule has 3 rings (SSSR count). The summed E-state index contributed by atoms with van der Waals surface area (Å²) in [4.78, 5) is 13.0. The van der Waals surface area contributed by atoms with E-state index in [2.05, 4.69) is 4.72 Å². The van der Waals surface area contributed by atoms with Gasteiger partial charge in [-0.05, 0) is 42.5 Å². The van der Waals surface area contributed by atoms with E-state index in [1.807, 2.05) is 0 Å². The van der Waals surface area contributed by atoms with Gasteiger partial charge in [0.05, 0.1) is 16.3 Å². The number of hydrogen-bond acceptors (Lipinski definition) is 4. The lowest BCUT2D eigenvalue weighted by molar-refractivity contribution is -0.120. The van der Waals surface area contributed by atoms with Gasteiger partial charge >= 0.3 is 0 Å². The molecular formula is C15H13FN2O4S. The van der Waals surface area contributed by atoms with Crippen molar-refractivity contribution in [3.63, 3.8) is 0 Å². The molecule has 8 heteroatoms. The number of fused-ring (bicyclic) bond motifs is 1. The molecule has 1 aliphatic heterocycles. The molecule has 23 heavy (non-hydrogen) atoms.